The Hall–Kier alpha value is -2.70. The van der Waals surface area contributed by atoms with Gasteiger partial charge in [-0.3, -0.25) is 4.68 Å². The van der Waals surface area contributed by atoms with Crippen LogP contribution < -0.4 is 0 Å². The quantitative estimate of drug-likeness (QED) is 0.753. The van der Waals surface area contributed by atoms with Gasteiger partial charge in [-0.1, -0.05) is 6.07 Å². The summed E-state index contributed by atoms with van der Waals surface area (Å²) in [5, 5.41) is 13.3. The Morgan fingerprint density at radius 3 is 2.84 bits per heavy atom. The summed E-state index contributed by atoms with van der Waals surface area (Å²) >= 11 is 0. The molecule has 0 unspecified atom stereocenters. The van der Waals surface area contributed by atoms with Gasteiger partial charge in [0.15, 0.2) is 5.82 Å². The molecule has 0 amide bonds. The van der Waals surface area contributed by atoms with Gasteiger partial charge in [0.05, 0.1) is 24.0 Å². The van der Waals surface area contributed by atoms with Crippen molar-refractivity contribution in [2.24, 2.45) is 7.05 Å². The summed E-state index contributed by atoms with van der Waals surface area (Å²) in [6.07, 6.45) is 3.23. The third-order valence-corrected chi connectivity index (χ3v) is 2.84. The van der Waals surface area contributed by atoms with Crippen molar-refractivity contribution in [1.29, 1.82) is 0 Å². The van der Waals surface area contributed by atoms with E-state index in [1.54, 1.807) is 36.5 Å². The van der Waals surface area contributed by atoms with Crippen molar-refractivity contribution in [3.63, 3.8) is 0 Å². The van der Waals surface area contributed by atoms with Gasteiger partial charge < -0.3 is 9.67 Å². The second-order valence-electron chi connectivity index (χ2n) is 4.19. The molecular weight excluding hydrogens is 246 g/mol. The molecule has 0 fully saturated rings. The minimum absolute atomic E-state index is 0.199. The Bertz CT molecular complexity index is 758. The molecule has 0 atom stereocenters. The molecule has 1 aromatic carbocycles. The van der Waals surface area contributed by atoms with E-state index in [0.717, 1.165) is 5.52 Å². The van der Waals surface area contributed by atoms with Gasteiger partial charge in [0.2, 0.25) is 0 Å². The lowest BCUT2D eigenvalue weighted by Gasteiger charge is -2.01. The average molecular weight is 257 g/mol. The van der Waals surface area contributed by atoms with Crippen LogP contribution in [0.3, 0.4) is 0 Å². The first-order valence-corrected chi connectivity index (χ1v) is 5.67. The van der Waals surface area contributed by atoms with Crippen LogP contribution >= 0.6 is 0 Å². The van der Waals surface area contributed by atoms with E-state index in [0.29, 0.717) is 17.9 Å². The standard InChI is InChI=1S/C12H11N5O2/c1-16-6-13-10(15-16)5-17-7-14-11-8(12(18)19)3-2-4-9(11)17/h2-4,6-7H,5H2,1H3,(H,18,19). The molecule has 0 aliphatic carbocycles. The van der Waals surface area contributed by atoms with Gasteiger partial charge >= 0.3 is 5.97 Å². The number of para-hydroxylation sites is 1. The van der Waals surface area contributed by atoms with E-state index in [4.69, 9.17) is 5.11 Å². The van der Waals surface area contributed by atoms with Gasteiger partial charge in [-0.05, 0) is 12.1 Å². The highest BCUT2D eigenvalue weighted by Crippen LogP contribution is 2.18. The predicted octanol–water partition coefficient (Wildman–Crippen LogP) is 0.911. The SMILES string of the molecule is Cn1cnc(Cn2cnc3c(C(=O)O)cccc32)n1. The number of carbonyl (C=O) groups is 1. The Kier molecular flexibility index (Phi) is 2.52. The van der Waals surface area contributed by atoms with Crippen LogP contribution in [0.25, 0.3) is 11.0 Å². The lowest BCUT2D eigenvalue weighted by molar-refractivity contribution is 0.0699. The van der Waals surface area contributed by atoms with E-state index in [1.165, 1.54) is 0 Å². The van der Waals surface area contributed by atoms with Crippen LogP contribution in [0.2, 0.25) is 0 Å². The third-order valence-electron chi connectivity index (χ3n) is 2.84. The van der Waals surface area contributed by atoms with Crippen LogP contribution in [-0.2, 0) is 13.6 Å². The summed E-state index contributed by atoms with van der Waals surface area (Å²) in [6.45, 7) is 0.459. The van der Waals surface area contributed by atoms with Crippen molar-refractivity contribution in [2.45, 2.75) is 6.54 Å². The summed E-state index contributed by atoms with van der Waals surface area (Å²) in [7, 11) is 1.80. The molecule has 19 heavy (non-hydrogen) atoms. The van der Waals surface area contributed by atoms with Crippen LogP contribution in [0.4, 0.5) is 0 Å². The first kappa shape index (κ1) is 11.4. The van der Waals surface area contributed by atoms with Gasteiger partial charge in [0.1, 0.15) is 11.8 Å². The van der Waals surface area contributed by atoms with Gasteiger partial charge in [-0.15, -0.1) is 0 Å². The topological polar surface area (TPSA) is 85.8 Å². The molecule has 0 bridgehead atoms. The number of aromatic carboxylic acids is 1. The lowest BCUT2D eigenvalue weighted by Crippen LogP contribution is -2.02. The smallest absolute Gasteiger partial charge is 0.337 e. The van der Waals surface area contributed by atoms with Crippen molar-refractivity contribution in [3.8, 4) is 0 Å². The van der Waals surface area contributed by atoms with E-state index in [1.807, 2.05) is 10.6 Å². The first-order chi connectivity index (χ1) is 9.15. The first-order valence-electron chi connectivity index (χ1n) is 5.67. The summed E-state index contributed by atoms with van der Waals surface area (Å²) in [5.41, 5.74) is 1.43. The molecule has 2 heterocycles. The van der Waals surface area contributed by atoms with Crippen molar-refractivity contribution >= 4 is 17.0 Å². The van der Waals surface area contributed by atoms with Gasteiger partial charge in [-0.25, -0.2) is 14.8 Å². The zero-order chi connectivity index (χ0) is 13.4. The molecule has 0 aliphatic heterocycles. The van der Waals surface area contributed by atoms with Crippen molar-refractivity contribution in [3.05, 3.63) is 42.2 Å². The highest BCUT2D eigenvalue weighted by atomic mass is 16.4. The largest absolute Gasteiger partial charge is 0.478 e. The number of aryl methyl sites for hydroxylation is 1. The molecule has 0 aliphatic rings. The van der Waals surface area contributed by atoms with E-state index < -0.39 is 5.97 Å². The molecule has 96 valence electrons. The summed E-state index contributed by atoms with van der Waals surface area (Å²) in [6, 6.07) is 5.08. The minimum Gasteiger partial charge on any atom is -0.478 e. The highest BCUT2D eigenvalue weighted by molar-refractivity contribution is 6.00. The molecule has 0 saturated carbocycles. The number of fused-ring (bicyclic) bond motifs is 1. The summed E-state index contributed by atoms with van der Waals surface area (Å²) in [4.78, 5) is 19.4. The Morgan fingerprint density at radius 1 is 1.32 bits per heavy atom. The normalized spacial score (nSPS) is 11.0. The maximum Gasteiger partial charge on any atom is 0.337 e. The molecular formula is C12H11N5O2. The van der Waals surface area contributed by atoms with Crippen LogP contribution in [0.1, 0.15) is 16.2 Å². The van der Waals surface area contributed by atoms with Crippen molar-refractivity contribution in [2.75, 3.05) is 0 Å². The fraction of sp³-hybridized carbons (Fsp3) is 0.167. The molecule has 0 spiro atoms. The molecule has 2 aromatic heterocycles. The number of hydrogen-bond acceptors (Lipinski definition) is 4. The van der Waals surface area contributed by atoms with Gasteiger partial charge in [0, 0.05) is 7.05 Å². The molecule has 7 nitrogen and oxygen atoms in total. The molecule has 3 aromatic rings. The van der Waals surface area contributed by atoms with E-state index in [2.05, 4.69) is 15.1 Å². The second-order valence-corrected chi connectivity index (χ2v) is 4.19. The zero-order valence-corrected chi connectivity index (χ0v) is 10.2. The number of benzene rings is 1. The Balaban J connectivity index is 2.06. The molecule has 3 rings (SSSR count). The minimum atomic E-state index is -0.980. The van der Waals surface area contributed by atoms with Gasteiger partial charge in [-0.2, -0.15) is 5.10 Å². The Labute approximate surface area is 108 Å². The monoisotopic (exact) mass is 257 g/mol. The van der Waals surface area contributed by atoms with Crippen LogP contribution in [-0.4, -0.2) is 35.4 Å². The van der Waals surface area contributed by atoms with E-state index in [9.17, 15) is 4.79 Å². The highest BCUT2D eigenvalue weighted by Gasteiger charge is 2.13. The maximum absolute atomic E-state index is 11.1. The van der Waals surface area contributed by atoms with Crippen LogP contribution in [0.15, 0.2) is 30.9 Å². The van der Waals surface area contributed by atoms with Crippen LogP contribution in [0.5, 0.6) is 0 Å². The van der Waals surface area contributed by atoms with Crippen LogP contribution in [0, 0.1) is 0 Å². The third kappa shape index (κ3) is 1.95. The molecule has 0 radical (unpaired) electrons. The number of carboxylic acids is 1. The second kappa shape index (κ2) is 4.20. The number of rotatable bonds is 3. The summed E-state index contributed by atoms with van der Waals surface area (Å²) < 4.78 is 3.45. The van der Waals surface area contributed by atoms with E-state index >= 15 is 0 Å². The fourth-order valence-corrected chi connectivity index (χ4v) is 2.00. The number of aromatic nitrogens is 5. The molecule has 1 N–H and O–H groups in total. The van der Waals surface area contributed by atoms with Gasteiger partial charge in [0.25, 0.3) is 0 Å². The molecule has 7 heteroatoms. The predicted molar refractivity (Wildman–Crippen MR) is 66.8 cm³/mol. The zero-order valence-electron chi connectivity index (χ0n) is 10.2. The number of carboxylic acid groups (broad SMARTS) is 1. The number of hydrogen-bond donors (Lipinski definition) is 1. The Morgan fingerprint density at radius 2 is 2.16 bits per heavy atom. The number of nitrogens with zero attached hydrogens (tertiary/aromatic N) is 5. The maximum atomic E-state index is 11.1. The lowest BCUT2D eigenvalue weighted by atomic mass is 10.2. The van der Waals surface area contributed by atoms with Crippen molar-refractivity contribution in [1.82, 2.24) is 24.3 Å². The fourth-order valence-electron chi connectivity index (χ4n) is 2.00. The summed E-state index contributed by atoms with van der Waals surface area (Å²) in [5.74, 6) is -0.325. The van der Waals surface area contributed by atoms with E-state index in [-0.39, 0.29) is 5.56 Å². The number of imidazole rings is 1. The average Bonchev–Trinajstić information content (AvgIpc) is 2.97. The van der Waals surface area contributed by atoms with Crippen molar-refractivity contribution < 1.29 is 9.90 Å². The molecule has 0 saturated heterocycles.